The molecule has 1 saturated heterocycles. The van der Waals surface area contributed by atoms with Crippen LogP contribution in [0.2, 0.25) is 0 Å². The van der Waals surface area contributed by atoms with Crippen LogP contribution in [0.15, 0.2) is 35.8 Å². The van der Waals surface area contributed by atoms with Crippen LogP contribution < -0.4 is 5.73 Å². The number of likely N-dealkylation sites (N-methyl/N-ethyl adjacent to an activating group) is 1. The van der Waals surface area contributed by atoms with Crippen LogP contribution >= 0.6 is 11.3 Å². The SMILES string of the molecule is Cc1ncsc1CN1C[C@@H](F)C[C@H]1CN(C)[C@@H](C(N)=O)c1ccccc1. The van der Waals surface area contributed by atoms with Gasteiger partial charge < -0.3 is 5.73 Å². The monoisotopic (exact) mass is 376 g/mol. The number of hydrogen-bond acceptors (Lipinski definition) is 5. The number of benzene rings is 1. The molecule has 0 saturated carbocycles. The van der Waals surface area contributed by atoms with Crippen LogP contribution in [0.3, 0.4) is 0 Å². The van der Waals surface area contributed by atoms with E-state index in [9.17, 15) is 9.18 Å². The maximum atomic E-state index is 14.1. The minimum atomic E-state index is -0.842. The Kier molecular flexibility index (Phi) is 6.01. The number of thiazole rings is 1. The Balaban J connectivity index is 1.72. The summed E-state index contributed by atoms with van der Waals surface area (Å²) in [5.74, 6) is -0.390. The van der Waals surface area contributed by atoms with E-state index in [0.29, 0.717) is 26.1 Å². The highest BCUT2D eigenvalue weighted by atomic mass is 32.1. The number of alkyl halides is 1. The van der Waals surface area contributed by atoms with E-state index in [0.717, 1.165) is 11.3 Å². The van der Waals surface area contributed by atoms with Gasteiger partial charge in [-0.15, -0.1) is 11.3 Å². The maximum Gasteiger partial charge on any atom is 0.239 e. The molecule has 140 valence electrons. The van der Waals surface area contributed by atoms with Crippen molar-refractivity contribution < 1.29 is 9.18 Å². The van der Waals surface area contributed by atoms with E-state index in [4.69, 9.17) is 5.73 Å². The van der Waals surface area contributed by atoms with Gasteiger partial charge >= 0.3 is 0 Å². The minimum Gasteiger partial charge on any atom is -0.368 e. The molecule has 1 aliphatic heterocycles. The topological polar surface area (TPSA) is 62.5 Å². The highest BCUT2D eigenvalue weighted by molar-refractivity contribution is 7.09. The molecule has 3 atom stereocenters. The van der Waals surface area contributed by atoms with E-state index in [-0.39, 0.29) is 6.04 Å². The summed E-state index contributed by atoms with van der Waals surface area (Å²) in [7, 11) is 1.88. The van der Waals surface area contributed by atoms with Crippen molar-refractivity contribution in [1.29, 1.82) is 0 Å². The van der Waals surface area contributed by atoms with Crippen molar-refractivity contribution in [3.05, 3.63) is 52.0 Å². The fraction of sp³-hybridized carbons (Fsp3) is 0.474. The van der Waals surface area contributed by atoms with Crippen LogP contribution in [-0.4, -0.2) is 53.0 Å². The van der Waals surface area contributed by atoms with Crippen LogP contribution in [0.5, 0.6) is 0 Å². The second kappa shape index (κ2) is 8.24. The number of primary amides is 1. The number of likely N-dealkylation sites (tertiary alicyclic amines) is 1. The number of carbonyl (C=O) groups is 1. The molecule has 1 fully saturated rings. The van der Waals surface area contributed by atoms with Gasteiger partial charge in [-0.25, -0.2) is 9.37 Å². The quantitative estimate of drug-likeness (QED) is 0.807. The normalized spacial score (nSPS) is 22.0. The molecule has 0 aliphatic carbocycles. The number of carbonyl (C=O) groups excluding carboxylic acids is 1. The van der Waals surface area contributed by atoms with E-state index < -0.39 is 18.1 Å². The van der Waals surface area contributed by atoms with Crippen LogP contribution in [0, 0.1) is 6.92 Å². The van der Waals surface area contributed by atoms with Crippen LogP contribution in [0.25, 0.3) is 0 Å². The molecule has 0 bridgehead atoms. The molecule has 2 N–H and O–H groups in total. The van der Waals surface area contributed by atoms with Gasteiger partial charge in [-0.2, -0.15) is 0 Å². The van der Waals surface area contributed by atoms with Gasteiger partial charge in [0.25, 0.3) is 0 Å². The Bertz CT molecular complexity index is 738. The lowest BCUT2D eigenvalue weighted by molar-refractivity contribution is -0.123. The van der Waals surface area contributed by atoms with E-state index in [1.165, 1.54) is 4.88 Å². The Morgan fingerprint density at radius 3 is 2.81 bits per heavy atom. The maximum absolute atomic E-state index is 14.1. The molecule has 5 nitrogen and oxygen atoms in total. The highest BCUT2D eigenvalue weighted by Crippen LogP contribution is 2.28. The lowest BCUT2D eigenvalue weighted by Crippen LogP contribution is -2.43. The van der Waals surface area contributed by atoms with E-state index >= 15 is 0 Å². The smallest absolute Gasteiger partial charge is 0.239 e. The van der Waals surface area contributed by atoms with Gasteiger partial charge in [-0.05, 0) is 26.0 Å². The van der Waals surface area contributed by atoms with Crippen LogP contribution in [0.4, 0.5) is 4.39 Å². The fourth-order valence-electron chi connectivity index (χ4n) is 3.68. The second-order valence-electron chi connectivity index (χ2n) is 6.93. The van der Waals surface area contributed by atoms with Crippen molar-refractivity contribution in [3.8, 4) is 0 Å². The first-order valence-corrected chi connectivity index (χ1v) is 9.65. The molecule has 1 amide bonds. The first-order chi connectivity index (χ1) is 12.5. The molecule has 1 aromatic heterocycles. The van der Waals surface area contributed by atoms with Crippen molar-refractivity contribution in [2.45, 2.75) is 38.1 Å². The van der Waals surface area contributed by atoms with E-state index in [2.05, 4.69) is 9.88 Å². The van der Waals surface area contributed by atoms with Gasteiger partial charge in [0.2, 0.25) is 5.91 Å². The summed E-state index contributed by atoms with van der Waals surface area (Å²) in [5.41, 5.74) is 9.35. The molecule has 2 aromatic rings. The number of aromatic nitrogens is 1. The lowest BCUT2D eigenvalue weighted by Gasteiger charge is -2.32. The Morgan fingerprint density at radius 2 is 2.19 bits per heavy atom. The molecule has 1 aromatic carbocycles. The van der Waals surface area contributed by atoms with Crippen molar-refractivity contribution >= 4 is 17.2 Å². The van der Waals surface area contributed by atoms with Gasteiger partial charge in [-0.3, -0.25) is 14.6 Å². The van der Waals surface area contributed by atoms with E-state index in [1.807, 2.05) is 54.7 Å². The van der Waals surface area contributed by atoms with Gasteiger partial charge in [0.05, 0.1) is 11.2 Å². The number of nitrogens with two attached hydrogens (primary N) is 1. The molecule has 1 aliphatic rings. The zero-order valence-corrected chi connectivity index (χ0v) is 16.0. The molecule has 2 heterocycles. The van der Waals surface area contributed by atoms with E-state index in [1.54, 1.807) is 11.3 Å². The third-order valence-corrected chi connectivity index (χ3v) is 5.91. The Hall–Kier alpha value is -1.83. The number of rotatable bonds is 7. The average molecular weight is 377 g/mol. The first kappa shape index (κ1) is 18.9. The minimum absolute atomic E-state index is 0.0436. The third kappa shape index (κ3) is 4.28. The zero-order valence-electron chi connectivity index (χ0n) is 15.1. The standard InChI is InChI=1S/C19H25FN4OS/c1-13-17(26-12-22-13)11-24-9-15(20)8-16(24)10-23(2)18(19(21)25)14-6-4-3-5-7-14/h3-7,12,15-16,18H,8-11H2,1-2H3,(H2,21,25)/t15-,16-,18+/m0/s1. The summed E-state index contributed by atoms with van der Waals surface area (Å²) >= 11 is 1.60. The summed E-state index contributed by atoms with van der Waals surface area (Å²) in [4.78, 5) is 21.6. The lowest BCUT2D eigenvalue weighted by atomic mass is 10.0. The van der Waals surface area contributed by atoms with Gasteiger partial charge in [0.15, 0.2) is 0 Å². The summed E-state index contributed by atoms with van der Waals surface area (Å²) < 4.78 is 14.1. The number of halogens is 1. The number of hydrogen-bond donors (Lipinski definition) is 1. The molecule has 26 heavy (non-hydrogen) atoms. The first-order valence-electron chi connectivity index (χ1n) is 8.77. The van der Waals surface area contributed by atoms with Gasteiger partial charge in [0.1, 0.15) is 12.2 Å². The fourth-order valence-corrected chi connectivity index (χ4v) is 4.48. The molecular weight excluding hydrogens is 351 g/mol. The van der Waals surface area contributed by atoms with Crippen LogP contribution in [0.1, 0.15) is 28.6 Å². The molecule has 0 radical (unpaired) electrons. The predicted octanol–water partition coefficient (Wildman–Crippen LogP) is 2.52. The molecular formula is C19H25FN4OS. The summed E-state index contributed by atoms with van der Waals surface area (Å²) in [6.07, 6.45) is -0.368. The van der Waals surface area contributed by atoms with Crippen LogP contribution in [-0.2, 0) is 11.3 Å². The molecule has 7 heteroatoms. The Labute approximate surface area is 157 Å². The largest absolute Gasteiger partial charge is 0.368 e. The molecule has 0 spiro atoms. The number of aryl methyl sites for hydroxylation is 1. The highest BCUT2D eigenvalue weighted by Gasteiger charge is 2.35. The predicted molar refractivity (Wildman–Crippen MR) is 102 cm³/mol. The number of amides is 1. The third-order valence-electron chi connectivity index (χ3n) is 4.99. The average Bonchev–Trinajstić information content (AvgIpc) is 3.14. The van der Waals surface area contributed by atoms with Crippen molar-refractivity contribution in [3.63, 3.8) is 0 Å². The van der Waals surface area contributed by atoms with Crippen molar-refractivity contribution in [2.75, 3.05) is 20.1 Å². The molecule has 3 rings (SSSR count). The summed E-state index contributed by atoms with van der Waals surface area (Å²) in [6.45, 7) is 3.68. The Morgan fingerprint density at radius 1 is 1.46 bits per heavy atom. The van der Waals surface area contributed by atoms with Crippen molar-refractivity contribution in [2.24, 2.45) is 5.73 Å². The summed E-state index contributed by atoms with van der Waals surface area (Å²) in [5, 5.41) is 0. The van der Waals surface area contributed by atoms with Gasteiger partial charge in [-0.1, -0.05) is 30.3 Å². The zero-order chi connectivity index (χ0) is 18.7. The van der Waals surface area contributed by atoms with Gasteiger partial charge in [0, 0.05) is 30.6 Å². The second-order valence-corrected chi connectivity index (χ2v) is 7.87. The number of nitrogens with zero attached hydrogens (tertiary/aromatic N) is 3. The molecule has 0 unspecified atom stereocenters. The summed E-state index contributed by atoms with van der Waals surface area (Å²) in [6, 6.07) is 9.03. The van der Waals surface area contributed by atoms with Crippen molar-refractivity contribution in [1.82, 2.24) is 14.8 Å².